The highest BCUT2D eigenvalue weighted by molar-refractivity contribution is 5.40. The van der Waals surface area contributed by atoms with E-state index in [4.69, 9.17) is 10.3 Å². The van der Waals surface area contributed by atoms with E-state index in [0.717, 1.165) is 12.8 Å². The molecule has 0 aromatic carbocycles. The molecule has 0 fully saturated rings. The highest BCUT2D eigenvalue weighted by Gasteiger charge is 2.16. The van der Waals surface area contributed by atoms with Gasteiger partial charge in [0.1, 0.15) is 0 Å². The van der Waals surface area contributed by atoms with Gasteiger partial charge in [-0.05, 0) is 24.8 Å². The molecule has 0 amide bonds. The van der Waals surface area contributed by atoms with Crippen molar-refractivity contribution in [3.8, 4) is 11.6 Å². The standard InChI is InChI=1S/C12H19N5O/c1-8(2)5-9(7-13)6-10-16-12(17-18-10)11-14-3-4-15-11/h3-4,8-9H,5-7,13H2,1-2H3,(H,14,15)/t9-/m0/s1. The van der Waals surface area contributed by atoms with Crippen molar-refractivity contribution in [2.24, 2.45) is 17.6 Å². The van der Waals surface area contributed by atoms with Crippen LogP contribution < -0.4 is 5.73 Å². The summed E-state index contributed by atoms with van der Waals surface area (Å²) < 4.78 is 5.23. The van der Waals surface area contributed by atoms with Gasteiger partial charge in [0.25, 0.3) is 0 Å². The van der Waals surface area contributed by atoms with Crippen LogP contribution in [-0.4, -0.2) is 26.7 Å². The lowest BCUT2D eigenvalue weighted by molar-refractivity contribution is 0.331. The molecule has 0 aliphatic heterocycles. The Kier molecular flexibility index (Phi) is 4.09. The van der Waals surface area contributed by atoms with Crippen molar-refractivity contribution < 1.29 is 4.52 Å². The first-order valence-corrected chi connectivity index (χ1v) is 6.21. The van der Waals surface area contributed by atoms with Crippen LogP contribution in [0.4, 0.5) is 0 Å². The summed E-state index contributed by atoms with van der Waals surface area (Å²) in [7, 11) is 0. The molecule has 2 aromatic rings. The topological polar surface area (TPSA) is 93.6 Å². The van der Waals surface area contributed by atoms with Gasteiger partial charge in [0.15, 0.2) is 5.82 Å². The van der Waals surface area contributed by atoms with Crippen LogP contribution in [0.1, 0.15) is 26.2 Å². The van der Waals surface area contributed by atoms with Gasteiger partial charge in [0, 0.05) is 18.8 Å². The molecule has 6 nitrogen and oxygen atoms in total. The van der Waals surface area contributed by atoms with E-state index in [2.05, 4.69) is 34.0 Å². The van der Waals surface area contributed by atoms with Crippen molar-refractivity contribution in [1.29, 1.82) is 0 Å². The second-order valence-electron chi connectivity index (χ2n) is 4.88. The van der Waals surface area contributed by atoms with Crippen molar-refractivity contribution in [3.63, 3.8) is 0 Å². The number of aromatic nitrogens is 4. The van der Waals surface area contributed by atoms with E-state index in [-0.39, 0.29) is 0 Å². The second kappa shape index (κ2) is 5.77. The monoisotopic (exact) mass is 249 g/mol. The summed E-state index contributed by atoms with van der Waals surface area (Å²) in [5, 5.41) is 3.90. The minimum atomic E-state index is 0.384. The second-order valence-corrected chi connectivity index (χ2v) is 4.88. The van der Waals surface area contributed by atoms with Crippen LogP contribution in [0.3, 0.4) is 0 Å². The van der Waals surface area contributed by atoms with Crippen molar-refractivity contribution in [2.45, 2.75) is 26.7 Å². The Morgan fingerprint density at radius 1 is 1.44 bits per heavy atom. The Hall–Kier alpha value is -1.69. The van der Waals surface area contributed by atoms with Gasteiger partial charge in [-0.1, -0.05) is 19.0 Å². The number of H-pyrrole nitrogens is 1. The lowest BCUT2D eigenvalue weighted by Crippen LogP contribution is -2.19. The van der Waals surface area contributed by atoms with E-state index in [1.807, 2.05) is 0 Å². The lowest BCUT2D eigenvalue weighted by atomic mass is 9.94. The minimum Gasteiger partial charge on any atom is -0.342 e. The zero-order valence-electron chi connectivity index (χ0n) is 10.8. The number of hydrogen-bond donors (Lipinski definition) is 2. The zero-order valence-corrected chi connectivity index (χ0v) is 10.8. The highest BCUT2D eigenvalue weighted by Crippen LogP contribution is 2.17. The molecule has 1 atom stereocenters. The van der Waals surface area contributed by atoms with Crippen molar-refractivity contribution in [1.82, 2.24) is 20.1 Å². The van der Waals surface area contributed by atoms with Crippen molar-refractivity contribution in [2.75, 3.05) is 6.54 Å². The summed E-state index contributed by atoms with van der Waals surface area (Å²) in [5.41, 5.74) is 5.76. The van der Waals surface area contributed by atoms with Crippen LogP contribution in [0, 0.1) is 11.8 Å². The number of nitrogens with zero attached hydrogens (tertiary/aromatic N) is 3. The van der Waals surface area contributed by atoms with Gasteiger partial charge < -0.3 is 15.2 Å². The predicted octanol–water partition coefficient (Wildman–Crippen LogP) is 1.62. The van der Waals surface area contributed by atoms with Gasteiger partial charge in [-0.25, -0.2) is 4.98 Å². The van der Waals surface area contributed by atoms with Gasteiger partial charge >= 0.3 is 0 Å². The SMILES string of the molecule is CC(C)C[C@H](CN)Cc1nc(-c2ncc[nH]2)no1. The Bertz CT molecular complexity index is 463. The fraction of sp³-hybridized carbons (Fsp3) is 0.583. The molecular formula is C12H19N5O. The van der Waals surface area contributed by atoms with E-state index in [9.17, 15) is 0 Å². The molecule has 0 saturated heterocycles. The molecule has 6 heteroatoms. The van der Waals surface area contributed by atoms with Crippen LogP contribution in [0.5, 0.6) is 0 Å². The van der Waals surface area contributed by atoms with E-state index in [1.54, 1.807) is 12.4 Å². The van der Waals surface area contributed by atoms with E-state index >= 15 is 0 Å². The normalized spacial score (nSPS) is 13.1. The fourth-order valence-corrected chi connectivity index (χ4v) is 2.00. The predicted molar refractivity (Wildman–Crippen MR) is 67.6 cm³/mol. The third kappa shape index (κ3) is 3.16. The minimum absolute atomic E-state index is 0.384. The Balaban J connectivity index is 2.01. The molecule has 0 saturated carbocycles. The molecule has 2 rings (SSSR count). The van der Waals surface area contributed by atoms with Crippen LogP contribution in [0.15, 0.2) is 16.9 Å². The highest BCUT2D eigenvalue weighted by atomic mass is 16.5. The lowest BCUT2D eigenvalue weighted by Gasteiger charge is -2.14. The first-order chi connectivity index (χ1) is 8.69. The van der Waals surface area contributed by atoms with E-state index in [1.165, 1.54) is 0 Å². The maximum atomic E-state index is 5.76. The first-order valence-electron chi connectivity index (χ1n) is 6.21. The Morgan fingerprint density at radius 3 is 2.89 bits per heavy atom. The quantitative estimate of drug-likeness (QED) is 0.811. The number of hydrogen-bond acceptors (Lipinski definition) is 5. The summed E-state index contributed by atoms with van der Waals surface area (Å²) >= 11 is 0. The van der Waals surface area contributed by atoms with Gasteiger partial charge in [0.05, 0.1) is 0 Å². The molecule has 0 spiro atoms. The molecule has 2 aromatic heterocycles. The molecule has 98 valence electrons. The van der Waals surface area contributed by atoms with Crippen molar-refractivity contribution in [3.05, 3.63) is 18.3 Å². The molecule has 18 heavy (non-hydrogen) atoms. The molecule has 0 bridgehead atoms. The number of nitrogens with one attached hydrogen (secondary N) is 1. The average Bonchev–Trinajstić information content (AvgIpc) is 2.97. The van der Waals surface area contributed by atoms with Crippen LogP contribution in [0.25, 0.3) is 11.6 Å². The number of imidazole rings is 1. The molecule has 2 heterocycles. The van der Waals surface area contributed by atoms with E-state index < -0.39 is 0 Å². The van der Waals surface area contributed by atoms with Crippen LogP contribution in [0.2, 0.25) is 0 Å². The molecule has 0 aliphatic carbocycles. The Morgan fingerprint density at radius 2 is 2.28 bits per heavy atom. The van der Waals surface area contributed by atoms with Gasteiger partial charge in [0.2, 0.25) is 11.7 Å². The first kappa shape index (κ1) is 12.8. The zero-order chi connectivity index (χ0) is 13.0. The Labute approximate surface area is 106 Å². The van der Waals surface area contributed by atoms with Crippen LogP contribution in [-0.2, 0) is 6.42 Å². The summed E-state index contributed by atoms with van der Waals surface area (Å²) in [5.74, 6) is 2.74. The fourth-order valence-electron chi connectivity index (χ4n) is 2.00. The van der Waals surface area contributed by atoms with Gasteiger partial charge in [-0.3, -0.25) is 0 Å². The van der Waals surface area contributed by atoms with Crippen LogP contribution >= 0.6 is 0 Å². The maximum absolute atomic E-state index is 5.76. The molecular weight excluding hydrogens is 230 g/mol. The number of aromatic amines is 1. The summed E-state index contributed by atoms with van der Waals surface area (Å²) in [6.07, 6.45) is 5.18. The maximum Gasteiger partial charge on any atom is 0.238 e. The van der Waals surface area contributed by atoms with E-state index in [0.29, 0.717) is 35.9 Å². The smallest absolute Gasteiger partial charge is 0.238 e. The summed E-state index contributed by atoms with van der Waals surface area (Å²) in [6.45, 7) is 5.01. The number of rotatable bonds is 6. The molecule has 0 radical (unpaired) electrons. The summed E-state index contributed by atoms with van der Waals surface area (Å²) in [4.78, 5) is 11.3. The van der Waals surface area contributed by atoms with Gasteiger partial charge in [-0.2, -0.15) is 4.98 Å². The van der Waals surface area contributed by atoms with Crippen molar-refractivity contribution >= 4 is 0 Å². The molecule has 0 aliphatic rings. The third-order valence-electron chi connectivity index (χ3n) is 2.78. The molecule has 3 N–H and O–H groups in total. The molecule has 0 unspecified atom stereocenters. The summed E-state index contributed by atoms with van der Waals surface area (Å²) in [6, 6.07) is 0. The third-order valence-corrected chi connectivity index (χ3v) is 2.78. The largest absolute Gasteiger partial charge is 0.342 e. The average molecular weight is 249 g/mol. The number of nitrogens with two attached hydrogens (primary N) is 1. The van der Waals surface area contributed by atoms with Gasteiger partial charge in [-0.15, -0.1) is 0 Å².